The van der Waals surface area contributed by atoms with E-state index in [1.807, 2.05) is 26.8 Å². The maximum atomic E-state index is 12.6. The topological polar surface area (TPSA) is 75.3 Å². The molecule has 1 aliphatic carbocycles. The van der Waals surface area contributed by atoms with Crippen LogP contribution in [0.1, 0.15) is 39.4 Å². The van der Waals surface area contributed by atoms with E-state index >= 15 is 0 Å². The van der Waals surface area contributed by atoms with Gasteiger partial charge in [0.25, 0.3) is 5.56 Å². The molecule has 8 heteroatoms. The molecular weight excluding hydrogens is 394 g/mol. The van der Waals surface area contributed by atoms with E-state index < -0.39 is 11.1 Å². The van der Waals surface area contributed by atoms with Crippen LogP contribution in [0.3, 0.4) is 0 Å². The Balaban J connectivity index is 1.75. The van der Waals surface area contributed by atoms with Gasteiger partial charge in [-0.15, -0.1) is 11.3 Å². The van der Waals surface area contributed by atoms with Gasteiger partial charge in [-0.05, 0) is 61.5 Å². The first-order valence-electron chi connectivity index (χ1n) is 7.91. The van der Waals surface area contributed by atoms with Crippen molar-refractivity contribution in [3.8, 4) is 0 Å². The van der Waals surface area contributed by atoms with Crippen molar-refractivity contribution in [3.63, 3.8) is 0 Å². The molecule has 1 saturated carbocycles. The molecule has 0 bridgehead atoms. The number of fused-ring (bicyclic) bond motifs is 2. The van der Waals surface area contributed by atoms with Crippen molar-refractivity contribution in [2.45, 2.75) is 44.8 Å². The maximum Gasteiger partial charge on any atom is 0.411 e. The van der Waals surface area contributed by atoms with Gasteiger partial charge in [-0.25, -0.2) is 9.78 Å². The summed E-state index contributed by atoms with van der Waals surface area (Å²) in [6.07, 6.45) is 1.40. The van der Waals surface area contributed by atoms with Crippen molar-refractivity contribution in [1.82, 2.24) is 14.9 Å². The molecular formula is C16H18BrN3O3S. The van der Waals surface area contributed by atoms with Gasteiger partial charge in [-0.2, -0.15) is 0 Å². The van der Waals surface area contributed by atoms with Gasteiger partial charge in [-0.3, -0.25) is 9.69 Å². The van der Waals surface area contributed by atoms with E-state index in [4.69, 9.17) is 4.74 Å². The number of aromatic nitrogens is 2. The summed E-state index contributed by atoms with van der Waals surface area (Å²) in [7, 11) is 0. The minimum Gasteiger partial charge on any atom is -0.444 e. The Morgan fingerprint density at radius 2 is 2.29 bits per heavy atom. The summed E-state index contributed by atoms with van der Waals surface area (Å²) in [6, 6.07) is 1.85. The molecule has 1 N–H and O–H groups in total. The minimum absolute atomic E-state index is 0.151. The molecule has 24 heavy (non-hydrogen) atoms. The van der Waals surface area contributed by atoms with E-state index in [1.165, 1.54) is 11.3 Å². The van der Waals surface area contributed by atoms with E-state index in [0.29, 0.717) is 28.5 Å². The molecule has 2 aliphatic rings. The third kappa shape index (κ3) is 2.38. The number of piperidine rings is 1. The molecule has 2 atom stereocenters. The zero-order valence-corrected chi connectivity index (χ0v) is 16.1. The lowest BCUT2D eigenvalue weighted by Crippen LogP contribution is -2.43. The van der Waals surface area contributed by atoms with E-state index in [2.05, 4.69) is 25.9 Å². The Labute approximate surface area is 151 Å². The number of likely N-dealkylation sites (tertiary alicyclic amines) is 1. The number of carbonyl (C=O) groups excluding carboxylic acids is 1. The second-order valence-electron chi connectivity index (χ2n) is 7.43. The average Bonchev–Trinajstić information content (AvgIpc) is 2.86. The Bertz CT molecular complexity index is 900. The van der Waals surface area contributed by atoms with Crippen LogP contribution in [0.2, 0.25) is 0 Å². The van der Waals surface area contributed by atoms with Crippen molar-refractivity contribution in [2.75, 3.05) is 6.54 Å². The number of rotatable bonds is 1. The number of amides is 1. The summed E-state index contributed by atoms with van der Waals surface area (Å²) in [6.45, 7) is 6.20. The third-order valence-corrected chi connectivity index (χ3v) is 6.26. The smallest absolute Gasteiger partial charge is 0.411 e. The number of carbonyl (C=O) groups is 1. The van der Waals surface area contributed by atoms with Gasteiger partial charge in [-0.1, -0.05) is 0 Å². The normalized spacial score (nSPS) is 25.8. The number of nitrogens with one attached hydrogen (secondary N) is 1. The van der Waals surface area contributed by atoms with E-state index in [1.54, 1.807) is 4.90 Å². The lowest BCUT2D eigenvalue weighted by Gasteiger charge is -2.30. The highest BCUT2D eigenvalue weighted by atomic mass is 79.9. The average molecular weight is 412 g/mol. The number of ether oxygens (including phenoxy) is 1. The SMILES string of the molecule is CC(C)(C)OC(=O)N1CC[C@@H]2C[C@@]21c1nc2cc(Br)sc2c(=O)[nH]1. The van der Waals surface area contributed by atoms with Crippen LogP contribution in [-0.2, 0) is 10.3 Å². The second-order valence-corrected chi connectivity index (χ2v) is 9.86. The van der Waals surface area contributed by atoms with E-state index in [0.717, 1.165) is 16.6 Å². The number of aromatic amines is 1. The van der Waals surface area contributed by atoms with Crippen molar-refractivity contribution in [1.29, 1.82) is 0 Å². The molecule has 1 amide bonds. The predicted molar refractivity (Wildman–Crippen MR) is 95.3 cm³/mol. The Morgan fingerprint density at radius 1 is 1.54 bits per heavy atom. The van der Waals surface area contributed by atoms with Crippen molar-refractivity contribution in [3.05, 3.63) is 26.0 Å². The van der Waals surface area contributed by atoms with Crippen LogP contribution in [0, 0.1) is 5.92 Å². The number of nitrogens with zero attached hydrogens (tertiary/aromatic N) is 2. The van der Waals surface area contributed by atoms with Crippen LogP contribution < -0.4 is 5.56 Å². The Kier molecular flexibility index (Phi) is 3.38. The van der Waals surface area contributed by atoms with Crippen LogP contribution in [0.25, 0.3) is 10.2 Å². The van der Waals surface area contributed by atoms with Crippen molar-refractivity contribution < 1.29 is 9.53 Å². The van der Waals surface area contributed by atoms with Crippen molar-refractivity contribution >= 4 is 43.6 Å². The van der Waals surface area contributed by atoms with E-state index in [9.17, 15) is 9.59 Å². The first kappa shape index (κ1) is 16.1. The molecule has 4 rings (SSSR count). The van der Waals surface area contributed by atoms with Crippen LogP contribution in [0.5, 0.6) is 0 Å². The maximum absolute atomic E-state index is 12.6. The summed E-state index contributed by atoms with van der Waals surface area (Å²) in [4.78, 5) is 34.3. The van der Waals surface area contributed by atoms with Crippen molar-refractivity contribution in [2.24, 2.45) is 5.92 Å². The fraction of sp³-hybridized carbons (Fsp3) is 0.562. The highest BCUT2D eigenvalue weighted by Crippen LogP contribution is 2.61. The summed E-state index contributed by atoms with van der Waals surface area (Å²) in [5.74, 6) is 0.923. The highest BCUT2D eigenvalue weighted by Gasteiger charge is 2.67. The van der Waals surface area contributed by atoms with Gasteiger partial charge >= 0.3 is 6.09 Å². The van der Waals surface area contributed by atoms with Gasteiger partial charge in [0.05, 0.1) is 9.30 Å². The molecule has 1 aliphatic heterocycles. The van der Waals surface area contributed by atoms with Crippen LogP contribution in [-0.4, -0.2) is 33.1 Å². The van der Waals surface area contributed by atoms with Gasteiger partial charge in [0.15, 0.2) is 0 Å². The Hall–Kier alpha value is -1.41. The zero-order chi connectivity index (χ0) is 17.3. The molecule has 128 valence electrons. The molecule has 0 aromatic carbocycles. The summed E-state index contributed by atoms with van der Waals surface area (Å²) in [5, 5.41) is 0. The molecule has 0 spiro atoms. The molecule has 0 unspecified atom stereocenters. The van der Waals surface area contributed by atoms with Gasteiger partial charge in [0.1, 0.15) is 21.7 Å². The minimum atomic E-state index is -0.547. The standard InChI is InChI=1S/C16H18BrN3O3S/c1-15(2,3)23-14(22)20-5-4-8-7-16(8,20)13-18-9-6-10(17)24-11(9)12(21)19-13/h6,8H,4-5,7H2,1-3H3,(H,18,19,21)/t8-,16+/m1/s1. The lowest BCUT2D eigenvalue weighted by molar-refractivity contribution is 0.0161. The first-order chi connectivity index (χ1) is 11.2. The summed E-state index contributed by atoms with van der Waals surface area (Å²) >= 11 is 4.76. The Morgan fingerprint density at radius 3 is 2.96 bits per heavy atom. The van der Waals surface area contributed by atoms with Crippen LogP contribution in [0.15, 0.2) is 14.6 Å². The molecule has 1 saturated heterocycles. The van der Waals surface area contributed by atoms with Crippen LogP contribution >= 0.6 is 27.3 Å². The van der Waals surface area contributed by atoms with Gasteiger partial charge in [0.2, 0.25) is 0 Å². The quantitative estimate of drug-likeness (QED) is 0.777. The molecule has 6 nitrogen and oxygen atoms in total. The fourth-order valence-corrected chi connectivity index (χ4v) is 5.00. The number of halogens is 1. The van der Waals surface area contributed by atoms with Gasteiger partial charge < -0.3 is 9.72 Å². The molecule has 3 heterocycles. The molecule has 0 radical (unpaired) electrons. The number of hydrogen-bond donors (Lipinski definition) is 1. The largest absolute Gasteiger partial charge is 0.444 e. The predicted octanol–water partition coefficient (Wildman–Crippen LogP) is 3.60. The fourth-order valence-electron chi connectivity index (χ4n) is 3.58. The highest BCUT2D eigenvalue weighted by molar-refractivity contribution is 9.11. The molecule has 2 aromatic heterocycles. The monoisotopic (exact) mass is 411 g/mol. The van der Waals surface area contributed by atoms with E-state index in [-0.39, 0.29) is 11.7 Å². The zero-order valence-electron chi connectivity index (χ0n) is 13.7. The number of H-pyrrole nitrogens is 1. The van der Waals surface area contributed by atoms with Crippen LogP contribution in [0.4, 0.5) is 4.79 Å². The molecule has 2 fully saturated rings. The third-order valence-electron chi connectivity index (χ3n) is 4.63. The van der Waals surface area contributed by atoms with Gasteiger partial charge in [0, 0.05) is 6.54 Å². The molecule has 2 aromatic rings. The lowest BCUT2D eigenvalue weighted by atomic mass is 10.2. The first-order valence-corrected chi connectivity index (χ1v) is 9.52. The number of thiophene rings is 1. The number of hydrogen-bond acceptors (Lipinski definition) is 5. The summed E-state index contributed by atoms with van der Waals surface area (Å²) < 4.78 is 7.02. The second kappa shape index (κ2) is 5.05. The summed E-state index contributed by atoms with van der Waals surface area (Å²) in [5.41, 5.74) is -0.540.